The first-order valence-corrected chi connectivity index (χ1v) is 8.64. The van der Waals surface area contributed by atoms with Crippen molar-refractivity contribution in [3.63, 3.8) is 0 Å². The predicted octanol–water partition coefficient (Wildman–Crippen LogP) is 2.20. The minimum atomic E-state index is -0.249. The van der Waals surface area contributed by atoms with Gasteiger partial charge in [-0.05, 0) is 48.5 Å². The smallest absolute Gasteiger partial charge is 0.255 e. The summed E-state index contributed by atoms with van der Waals surface area (Å²) >= 11 is 0. The van der Waals surface area contributed by atoms with Crippen molar-refractivity contribution in [3.8, 4) is 5.75 Å². The molecule has 0 unspecified atom stereocenters. The van der Waals surface area contributed by atoms with Gasteiger partial charge in [0.15, 0.2) is 0 Å². The number of benzene rings is 2. The molecule has 142 valence electrons. The summed E-state index contributed by atoms with van der Waals surface area (Å²) in [6, 6.07) is 13.4. The van der Waals surface area contributed by atoms with Crippen LogP contribution in [0.25, 0.3) is 0 Å². The predicted molar refractivity (Wildman–Crippen MR) is 103 cm³/mol. The Bertz CT molecular complexity index is 786. The van der Waals surface area contributed by atoms with Crippen LogP contribution in [0, 0.1) is 0 Å². The molecule has 2 rings (SSSR count). The fourth-order valence-corrected chi connectivity index (χ4v) is 2.26. The first-order chi connectivity index (χ1) is 13.0. The number of nitrogens with one attached hydrogen (secondary N) is 3. The van der Waals surface area contributed by atoms with Crippen molar-refractivity contribution in [3.05, 3.63) is 59.7 Å². The maximum atomic E-state index is 12.2. The minimum absolute atomic E-state index is 0.0544. The first-order valence-electron chi connectivity index (χ1n) is 8.64. The lowest BCUT2D eigenvalue weighted by atomic mass is 10.1. The maximum absolute atomic E-state index is 12.2. The lowest BCUT2D eigenvalue weighted by Gasteiger charge is -2.08. The Labute approximate surface area is 158 Å². The van der Waals surface area contributed by atoms with E-state index in [9.17, 15) is 14.4 Å². The zero-order valence-corrected chi connectivity index (χ0v) is 15.4. The lowest BCUT2D eigenvalue weighted by molar-refractivity contribution is -0.120. The molecule has 3 N–H and O–H groups in total. The molecule has 0 saturated carbocycles. The summed E-state index contributed by atoms with van der Waals surface area (Å²) in [5.74, 6) is 0.132. The lowest BCUT2D eigenvalue weighted by Crippen LogP contribution is -2.34. The van der Waals surface area contributed by atoms with Crippen molar-refractivity contribution in [2.45, 2.75) is 13.3 Å². The van der Waals surface area contributed by atoms with Crippen molar-refractivity contribution in [2.75, 3.05) is 25.5 Å². The van der Waals surface area contributed by atoms with Crippen LogP contribution in [-0.2, 0) is 4.79 Å². The Hall–Kier alpha value is -3.35. The van der Waals surface area contributed by atoms with E-state index in [1.54, 1.807) is 62.6 Å². The molecule has 0 saturated heterocycles. The molecule has 2 aromatic rings. The van der Waals surface area contributed by atoms with E-state index in [4.69, 9.17) is 4.74 Å². The van der Waals surface area contributed by atoms with Crippen LogP contribution in [0.15, 0.2) is 48.5 Å². The molecule has 0 aromatic heterocycles. The van der Waals surface area contributed by atoms with Gasteiger partial charge in [-0.25, -0.2) is 0 Å². The molecule has 7 nitrogen and oxygen atoms in total. The fraction of sp³-hybridized carbons (Fsp3) is 0.250. The topological polar surface area (TPSA) is 96.5 Å². The third kappa shape index (κ3) is 6.14. The SMILES string of the molecule is CCC(=O)NCCNC(=O)c1ccc(NC(=O)c2ccc(OC)cc2)cc1. The van der Waals surface area contributed by atoms with Gasteiger partial charge >= 0.3 is 0 Å². The van der Waals surface area contributed by atoms with Crippen LogP contribution < -0.4 is 20.7 Å². The van der Waals surface area contributed by atoms with E-state index in [2.05, 4.69) is 16.0 Å². The van der Waals surface area contributed by atoms with Crippen molar-refractivity contribution in [2.24, 2.45) is 0 Å². The number of rotatable bonds is 8. The molecule has 27 heavy (non-hydrogen) atoms. The Morgan fingerprint density at radius 3 is 1.96 bits per heavy atom. The highest BCUT2D eigenvalue weighted by molar-refractivity contribution is 6.04. The molecular weight excluding hydrogens is 346 g/mol. The van der Waals surface area contributed by atoms with E-state index in [0.29, 0.717) is 42.1 Å². The summed E-state index contributed by atoms with van der Waals surface area (Å²) in [6.07, 6.45) is 0.414. The van der Waals surface area contributed by atoms with Crippen LogP contribution in [0.2, 0.25) is 0 Å². The first kappa shape index (κ1) is 20.0. The van der Waals surface area contributed by atoms with Crippen molar-refractivity contribution >= 4 is 23.4 Å². The highest BCUT2D eigenvalue weighted by Gasteiger charge is 2.08. The van der Waals surface area contributed by atoms with Crippen molar-refractivity contribution < 1.29 is 19.1 Å². The van der Waals surface area contributed by atoms with E-state index in [1.807, 2.05) is 0 Å². The quantitative estimate of drug-likeness (QED) is 0.622. The molecule has 0 aliphatic rings. The largest absolute Gasteiger partial charge is 0.497 e. The van der Waals surface area contributed by atoms with Gasteiger partial charge in [0.1, 0.15) is 5.75 Å². The summed E-state index contributed by atoms with van der Waals surface area (Å²) in [6.45, 7) is 2.50. The zero-order chi connectivity index (χ0) is 19.6. The second-order valence-corrected chi connectivity index (χ2v) is 5.72. The summed E-state index contributed by atoms with van der Waals surface area (Å²) in [5.41, 5.74) is 1.56. The summed E-state index contributed by atoms with van der Waals surface area (Å²) in [4.78, 5) is 35.4. The molecule has 3 amide bonds. The summed E-state index contributed by atoms with van der Waals surface area (Å²) < 4.78 is 5.07. The second kappa shape index (κ2) is 9.96. The van der Waals surface area contributed by atoms with Gasteiger partial charge in [-0.2, -0.15) is 0 Å². The van der Waals surface area contributed by atoms with Gasteiger partial charge in [0.2, 0.25) is 5.91 Å². The Morgan fingerprint density at radius 1 is 0.815 bits per heavy atom. The number of anilines is 1. The van der Waals surface area contributed by atoms with Crippen LogP contribution in [0.1, 0.15) is 34.1 Å². The summed E-state index contributed by atoms with van der Waals surface area (Å²) in [7, 11) is 1.56. The van der Waals surface area contributed by atoms with E-state index >= 15 is 0 Å². The summed E-state index contributed by atoms with van der Waals surface area (Å²) in [5, 5.41) is 8.18. The van der Waals surface area contributed by atoms with Crippen LogP contribution >= 0.6 is 0 Å². The molecular formula is C20H23N3O4. The van der Waals surface area contributed by atoms with Gasteiger partial charge in [0.25, 0.3) is 11.8 Å². The fourth-order valence-electron chi connectivity index (χ4n) is 2.26. The molecule has 7 heteroatoms. The van der Waals surface area contributed by atoms with E-state index in [1.165, 1.54) is 0 Å². The van der Waals surface area contributed by atoms with Gasteiger partial charge < -0.3 is 20.7 Å². The standard InChI is InChI=1S/C20H23N3O4/c1-3-18(24)21-12-13-22-19(25)14-4-8-16(9-5-14)23-20(26)15-6-10-17(27-2)11-7-15/h4-11H,3,12-13H2,1-2H3,(H,21,24)(H,22,25)(H,23,26). The van der Waals surface area contributed by atoms with E-state index in [-0.39, 0.29) is 17.7 Å². The van der Waals surface area contributed by atoms with Gasteiger partial charge in [0, 0.05) is 36.3 Å². The number of carbonyl (C=O) groups excluding carboxylic acids is 3. The van der Waals surface area contributed by atoms with E-state index < -0.39 is 0 Å². The molecule has 0 spiro atoms. The normalized spacial score (nSPS) is 10.0. The average Bonchev–Trinajstić information content (AvgIpc) is 2.71. The number of hydrogen-bond acceptors (Lipinski definition) is 4. The Kier molecular flexibility index (Phi) is 7.37. The highest BCUT2D eigenvalue weighted by atomic mass is 16.5. The number of ether oxygens (including phenoxy) is 1. The second-order valence-electron chi connectivity index (χ2n) is 5.72. The van der Waals surface area contributed by atoms with Crippen molar-refractivity contribution in [1.82, 2.24) is 10.6 Å². The average molecular weight is 369 g/mol. The van der Waals surface area contributed by atoms with Gasteiger partial charge in [0.05, 0.1) is 7.11 Å². The van der Waals surface area contributed by atoms with Crippen LogP contribution in [0.3, 0.4) is 0 Å². The van der Waals surface area contributed by atoms with Gasteiger partial charge in [-0.1, -0.05) is 6.92 Å². The number of carbonyl (C=O) groups is 3. The third-order valence-electron chi connectivity index (χ3n) is 3.81. The van der Waals surface area contributed by atoms with Gasteiger partial charge in [-0.15, -0.1) is 0 Å². The maximum Gasteiger partial charge on any atom is 0.255 e. The molecule has 0 bridgehead atoms. The molecule has 0 aliphatic heterocycles. The highest BCUT2D eigenvalue weighted by Crippen LogP contribution is 2.14. The number of hydrogen-bond donors (Lipinski definition) is 3. The van der Waals surface area contributed by atoms with Crippen molar-refractivity contribution in [1.29, 1.82) is 0 Å². The minimum Gasteiger partial charge on any atom is -0.497 e. The molecule has 0 atom stereocenters. The molecule has 2 aromatic carbocycles. The molecule has 0 aliphatic carbocycles. The third-order valence-corrected chi connectivity index (χ3v) is 3.81. The Morgan fingerprint density at radius 2 is 1.37 bits per heavy atom. The molecule has 0 fully saturated rings. The molecule has 0 heterocycles. The monoisotopic (exact) mass is 369 g/mol. The van der Waals surface area contributed by atoms with Crippen LogP contribution in [0.5, 0.6) is 5.75 Å². The van der Waals surface area contributed by atoms with Crippen LogP contribution in [0.4, 0.5) is 5.69 Å². The molecule has 0 radical (unpaired) electrons. The number of methoxy groups -OCH3 is 1. The van der Waals surface area contributed by atoms with E-state index in [0.717, 1.165) is 0 Å². The van der Waals surface area contributed by atoms with Crippen LogP contribution in [-0.4, -0.2) is 37.9 Å². The van der Waals surface area contributed by atoms with Gasteiger partial charge in [-0.3, -0.25) is 14.4 Å². The Balaban J connectivity index is 1.85. The number of amides is 3. The zero-order valence-electron chi connectivity index (χ0n) is 15.4.